The number of nitrogens with zero attached hydrogens (tertiary/aromatic N) is 2. The number of likely N-dealkylation sites (N-methyl/N-ethyl adjacent to an activating group) is 1. The Morgan fingerprint density at radius 3 is 2.69 bits per heavy atom. The summed E-state index contributed by atoms with van der Waals surface area (Å²) in [4.78, 5) is 16.7. The quantitative estimate of drug-likeness (QED) is 0.531. The second-order valence-electron chi connectivity index (χ2n) is 7.99. The second-order valence-corrected chi connectivity index (χ2v) is 10.2. The van der Waals surface area contributed by atoms with Crippen LogP contribution in [-0.4, -0.2) is 87.7 Å². The van der Waals surface area contributed by atoms with E-state index in [2.05, 4.69) is 0 Å². The largest absolute Gasteiger partial charge is 0.494 e. The molecular weight excluding hydrogens is 392 g/mol. The number of amides is 1. The van der Waals surface area contributed by atoms with Gasteiger partial charge in [-0.1, -0.05) is 18.2 Å². The molecule has 2 aliphatic rings. The van der Waals surface area contributed by atoms with Crippen LogP contribution in [0.4, 0.5) is 0 Å². The Morgan fingerprint density at radius 1 is 1.24 bits per heavy atom. The van der Waals surface area contributed by atoms with Gasteiger partial charge >= 0.3 is 0 Å². The van der Waals surface area contributed by atoms with Crippen molar-refractivity contribution in [1.29, 1.82) is 0 Å². The monoisotopic (exact) mass is 424 g/mol. The van der Waals surface area contributed by atoms with Gasteiger partial charge in [0.2, 0.25) is 5.91 Å². The van der Waals surface area contributed by atoms with Crippen LogP contribution in [0.2, 0.25) is 0 Å². The summed E-state index contributed by atoms with van der Waals surface area (Å²) in [5.41, 5.74) is 0. The second kappa shape index (κ2) is 10.4. The van der Waals surface area contributed by atoms with Crippen molar-refractivity contribution in [3.8, 4) is 5.75 Å². The standard InChI is InChI=1S/C21H32N2O5S/c1-22(11-6-13-27-19-7-3-2-4-8-19)16-21(24)23(15-20-9-5-12-28-20)18-10-14-29(25,26)17-18/h2-4,7-8,18,20H,5-6,9-17H2,1H3. The van der Waals surface area contributed by atoms with E-state index in [0.717, 1.165) is 38.2 Å². The van der Waals surface area contributed by atoms with E-state index in [0.29, 0.717) is 19.6 Å². The molecule has 8 heteroatoms. The van der Waals surface area contributed by atoms with Crippen molar-refractivity contribution in [3.05, 3.63) is 30.3 Å². The van der Waals surface area contributed by atoms with E-state index in [-0.39, 0.29) is 36.1 Å². The summed E-state index contributed by atoms with van der Waals surface area (Å²) >= 11 is 0. The molecule has 0 aromatic heterocycles. The zero-order valence-electron chi connectivity index (χ0n) is 17.2. The van der Waals surface area contributed by atoms with Crippen LogP contribution >= 0.6 is 0 Å². The Labute approximate surface area is 173 Å². The molecule has 7 nitrogen and oxygen atoms in total. The molecule has 1 aromatic carbocycles. The molecule has 0 spiro atoms. The first-order valence-corrected chi connectivity index (χ1v) is 12.2. The highest BCUT2D eigenvalue weighted by Crippen LogP contribution is 2.21. The summed E-state index contributed by atoms with van der Waals surface area (Å²) in [7, 11) is -1.13. The molecule has 0 bridgehead atoms. The Balaban J connectivity index is 1.47. The Hall–Kier alpha value is -1.64. The van der Waals surface area contributed by atoms with Crippen molar-refractivity contribution in [3.63, 3.8) is 0 Å². The molecule has 0 saturated carbocycles. The van der Waals surface area contributed by atoms with Crippen LogP contribution in [0.5, 0.6) is 5.75 Å². The Kier molecular flexibility index (Phi) is 7.91. The van der Waals surface area contributed by atoms with E-state index in [1.807, 2.05) is 42.3 Å². The van der Waals surface area contributed by atoms with E-state index in [9.17, 15) is 13.2 Å². The van der Waals surface area contributed by atoms with Crippen molar-refractivity contribution in [2.45, 2.75) is 37.8 Å². The molecule has 2 heterocycles. The van der Waals surface area contributed by atoms with Gasteiger partial charge in [0.15, 0.2) is 9.84 Å². The molecule has 2 fully saturated rings. The summed E-state index contributed by atoms with van der Waals surface area (Å²) < 4.78 is 35.2. The normalized spacial score (nSPS) is 23.4. The van der Waals surface area contributed by atoms with Crippen molar-refractivity contribution < 1.29 is 22.7 Å². The number of carbonyl (C=O) groups excluding carboxylic acids is 1. The van der Waals surface area contributed by atoms with E-state index < -0.39 is 9.84 Å². The highest BCUT2D eigenvalue weighted by molar-refractivity contribution is 7.91. The molecule has 2 aliphatic heterocycles. The number of para-hydroxylation sites is 1. The number of hydrogen-bond donors (Lipinski definition) is 0. The molecule has 3 rings (SSSR count). The average molecular weight is 425 g/mol. The predicted molar refractivity (Wildman–Crippen MR) is 112 cm³/mol. The molecule has 29 heavy (non-hydrogen) atoms. The van der Waals surface area contributed by atoms with Gasteiger partial charge in [0.1, 0.15) is 5.75 Å². The molecule has 1 amide bonds. The van der Waals surface area contributed by atoms with Crippen molar-refractivity contribution >= 4 is 15.7 Å². The molecule has 0 aliphatic carbocycles. The Morgan fingerprint density at radius 2 is 2.03 bits per heavy atom. The molecule has 2 saturated heterocycles. The molecule has 0 N–H and O–H groups in total. The van der Waals surface area contributed by atoms with Crippen LogP contribution < -0.4 is 4.74 Å². The van der Waals surface area contributed by atoms with Gasteiger partial charge in [-0.2, -0.15) is 0 Å². The van der Waals surface area contributed by atoms with Gasteiger partial charge in [-0.15, -0.1) is 0 Å². The molecule has 162 valence electrons. The third kappa shape index (κ3) is 6.97. The Bertz CT molecular complexity index is 750. The summed E-state index contributed by atoms with van der Waals surface area (Å²) in [6.07, 6.45) is 3.27. The molecule has 1 aromatic rings. The van der Waals surface area contributed by atoms with Crippen LogP contribution in [0.25, 0.3) is 0 Å². The van der Waals surface area contributed by atoms with Gasteiger partial charge < -0.3 is 14.4 Å². The minimum absolute atomic E-state index is 0.0194. The number of sulfone groups is 1. The summed E-state index contributed by atoms with van der Waals surface area (Å²) in [5, 5.41) is 0. The molecule has 2 atom stereocenters. The first-order chi connectivity index (χ1) is 13.9. The van der Waals surface area contributed by atoms with Crippen molar-refractivity contribution in [2.24, 2.45) is 0 Å². The fourth-order valence-electron chi connectivity index (χ4n) is 3.93. The van der Waals surface area contributed by atoms with E-state index in [4.69, 9.17) is 9.47 Å². The first-order valence-electron chi connectivity index (χ1n) is 10.4. The third-order valence-electron chi connectivity index (χ3n) is 5.50. The lowest BCUT2D eigenvalue weighted by Gasteiger charge is -2.32. The van der Waals surface area contributed by atoms with Gasteiger partial charge in [0.05, 0.1) is 30.8 Å². The van der Waals surface area contributed by atoms with Crippen LogP contribution in [0.1, 0.15) is 25.7 Å². The number of hydrogen-bond acceptors (Lipinski definition) is 6. The maximum absolute atomic E-state index is 13.0. The predicted octanol–water partition coefficient (Wildman–Crippen LogP) is 1.58. The van der Waals surface area contributed by atoms with Crippen molar-refractivity contribution in [2.75, 3.05) is 51.4 Å². The van der Waals surface area contributed by atoms with E-state index in [1.54, 1.807) is 4.90 Å². The van der Waals surface area contributed by atoms with Gasteiger partial charge in [-0.25, -0.2) is 8.42 Å². The molecular formula is C21H32N2O5S. The highest BCUT2D eigenvalue weighted by Gasteiger charge is 2.36. The third-order valence-corrected chi connectivity index (χ3v) is 7.25. The maximum Gasteiger partial charge on any atom is 0.237 e. The number of carbonyl (C=O) groups is 1. The van der Waals surface area contributed by atoms with E-state index in [1.165, 1.54) is 0 Å². The van der Waals surface area contributed by atoms with Crippen LogP contribution in [0.15, 0.2) is 30.3 Å². The van der Waals surface area contributed by atoms with Crippen molar-refractivity contribution in [1.82, 2.24) is 9.80 Å². The smallest absolute Gasteiger partial charge is 0.237 e. The number of rotatable bonds is 10. The summed E-state index contributed by atoms with van der Waals surface area (Å²) in [6.45, 7) is 2.80. The zero-order chi connectivity index (χ0) is 20.7. The topological polar surface area (TPSA) is 76.2 Å². The van der Waals surface area contributed by atoms with E-state index >= 15 is 0 Å². The number of ether oxygens (including phenoxy) is 2. The highest BCUT2D eigenvalue weighted by atomic mass is 32.2. The SMILES string of the molecule is CN(CCCOc1ccccc1)CC(=O)N(CC1CCCO1)C1CCS(=O)(=O)C1. The fraction of sp³-hybridized carbons (Fsp3) is 0.667. The summed E-state index contributed by atoms with van der Waals surface area (Å²) in [6, 6.07) is 9.44. The average Bonchev–Trinajstić information content (AvgIpc) is 3.33. The fourth-order valence-corrected chi connectivity index (χ4v) is 5.66. The minimum atomic E-state index is -3.04. The van der Waals surface area contributed by atoms with Gasteiger partial charge in [0.25, 0.3) is 0 Å². The number of benzene rings is 1. The van der Waals surface area contributed by atoms with Crippen LogP contribution in [-0.2, 0) is 19.4 Å². The van der Waals surface area contributed by atoms with Crippen LogP contribution in [0, 0.1) is 0 Å². The molecule has 0 radical (unpaired) electrons. The maximum atomic E-state index is 13.0. The summed E-state index contributed by atoms with van der Waals surface area (Å²) in [5.74, 6) is 1.06. The minimum Gasteiger partial charge on any atom is -0.494 e. The van der Waals surface area contributed by atoms with Crippen LogP contribution in [0.3, 0.4) is 0 Å². The first kappa shape index (κ1) is 22.1. The van der Waals surface area contributed by atoms with Gasteiger partial charge in [0, 0.05) is 25.7 Å². The zero-order valence-corrected chi connectivity index (χ0v) is 18.0. The lowest BCUT2D eigenvalue weighted by atomic mass is 10.1. The lowest BCUT2D eigenvalue weighted by Crippen LogP contribution is -2.48. The lowest BCUT2D eigenvalue weighted by molar-refractivity contribution is -0.135. The molecule has 2 unspecified atom stereocenters. The van der Waals surface area contributed by atoms with Gasteiger partial charge in [-0.3, -0.25) is 9.69 Å². The van der Waals surface area contributed by atoms with Gasteiger partial charge in [-0.05, 0) is 44.9 Å².